The predicted octanol–water partition coefficient (Wildman–Crippen LogP) is 2.70. The number of hydrogen-bond acceptors (Lipinski definition) is 4. The molecule has 1 N–H and O–H groups in total. The summed E-state index contributed by atoms with van der Waals surface area (Å²) in [6.45, 7) is 5.76. The number of amides is 1. The normalized spacial score (nSPS) is 10.4. The third-order valence-electron chi connectivity index (χ3n) is 2.72. The van der Waals surface area contributed by atoms with Gasteiger partial charge in [0.25, 0.3) is 0 Å². The van der Waals surface area contributed by atoms with Crippen LogP contribution in [-0.2, 0) is 4.79 Å². The van der Waals surface area contributed by atoms with Crippen molar-refractivity contribution in [3.05, 3.63) is 29.3 Å². The third kappa shape index (κ3) is 2.40. The lowest BCUT2D eigenvalue weighted by molar-refractivity contribution is -0.115. The van der Waals surface area contributed by atoms with E-state index in [1.54, 1.807) is 6.92 Å². The van der Waals surface area contributed by atoms with Crippen molar-refractivity contribution >= 4 is 11.7 Å². The quantitative estimate of drug-likeness (QED) is 0.902. The Kier molecular flexibility index (Phi) is 3.41. The lowest BCUT2D eigenvalue weighted by Crippen LogP contribution is -2.10. The number of aryl methyl sites for hydroxylation is 2. The summed E-state index contributed by atoms with van der Waals surface area (Å²) in [6, 6.07) is 6.03. The fraction of sp³-hybridized carbons (Fsp3) is 0.308. The van der Waals surface area contributed by atoms with E-state index in [-0.39, 0.29) is 5.91 Å². The summed E-state index contributed by atoms with van der Waals surface area (Å²) in [5.74, 6) is 0.257. The standard InChI is InChI=1S/C13H15N3O2/c1-4-11(17)14-13-12(15-18-16-13)10-7-8(2)5-6-9(10)3/h5-7H,4H2,1-3H3,(H,14,16,17). The van der Waals surface area contributed by atoms with Gasteiger partial charge in [-0.15, -0.1) is 0 Å². The average molecular weight is 245 g/mol. The topological polar surface area (TPSA) is 68.0 Å². The summed E-state index contributed by atoms with van der Waals surface area (Å²) in [4.78, 5) is 11.4. The van der Waals surface area contributed by atoms with Crippen molar-refractivity contribution in [1.82, 2.24) is 10.3 Å². The van der Waals surface area contributed by atoms with Crippen LogP contribution in [0.4, 0.5) is 5.82 Å². The summed E-state index contributed by atoms with van der Waals surface area (Å²) in [5, 5.41) is 10.3. The third-order valence-corrected chi connectivity index (χ3v) is 2.72. The molecule has 0 aliphatic rings. The summed E-state index contributed by atoms with van der Waals surface area (Å²) >= 11 is 0. The molecule has 0 spiro atoms. The highest BCUT2D eigenvalue weighted by molar-refractivity contribution is 5.93. The van der Waals surface area contributed by atoms with Crippen molar-refractivity contribution in [2.45, 2.75) is 27.2 Å². The van der Waals surface area contributed by atoms with Crippen LogP contribution in [0.15, 0.2) is 22.8 Å². The van der Waals surface area contributed by atoms with Crippen molar-refractivity contribution in [1.29, 1.82) is 0 Å². The van der Waals surface area contributed by atoms with Crippen LogP contribution in [0.1, 0.15) is 24.5 Å². The Morgan fingerprint density at radius 2 is 2.11 bits per heavy atom. The zero-order valence-corrected chi connectivity index (χ0v) is 10.7. The van der Waals surface area contributed by atoms with Gasteiger partial charge in [0.2, 0.25) is 11.7 Å². The van der Waals surface area contributed by atoms with Gasteiger partial charge in [0.05, 0.1) is 0 Å². The molecule has 18 heavy (non-hydrogen) atoms. The second kappa shape index (κ2) is 5.00. The first-order valence-corrected chi connectivity index (χ1v) is 5.82. The first kappa shape index (κ1) is 12.3. The minimum Gasteiger partial charge on any atom is -0.306 e. The molecule has 0 saturated heterocycles. The van der Waals surface area contributed by atoms with Crippen LogP contribution < -0.4 is 5.32 Å². The second-order valence-corrected chi connectivity index (χ2v) is 4.18. The number of nitrogens with zero attached hydrogens (tertiary/aromatic N) is 2. The minimum absolute atomic E-state index is 0.114. The van der Waals surface area contributed by atoms with E-state index in [1.165, 1.54) is 0 Å². The van der Waals surface area contributed by atoms with Crippen LogP contribution >= 0.6 is 0 Å². The van der Waals surface area contributed by atoms with Crippen molar-refractivity contribution in [2.75, 3.05) is 5.32 Å². The van der Waals surface area contributed by atoms with Gasteiger partial charge < -0.3 is 5.32 Å². The van der Waals surface area contributed by atoms with Gasteiger partial charge in [-0.3, -0.25) is 4.79 Å². The lowest BCUT2D eigenvalue weighted by Gasteiger charge is -2.05. The van der Waals surface area contributed by atoms with Gasteiger partial charge in [-0.05, 0) is 35.8 Å². The van der Waals surface area contributed by atoms with E-state index in [9.17, 15) is 4.79 Å². The molecule has 1 aromatic carbocycles. The van der Waals surface area contributed by atoms with Crippen molar-refractivity contribution in [2.24, 2.45) is 0 Å². The fourth-order valence-corrected chi connectivity index (χ4v) is 1.66. The zero-order chi connectivity index (χ0) is 13.1. The van der Waals surface area contributed by atoms with E-state index in [2.05, 4.69) is 15.6 Å². The zero-order valence-electron chi connectivity index (χ0n) is 10.7. The summed E-state index contributed by atoms with van der Waals surface area (Å²) in [7, 11) is 0. The van der Waals surface area contributed by atoms with Gasteiger partial charge in [-0.2, -0.15) is 0 Å². The highest BCUT2D eigenvalue weighted by Crippen LogP contribution is 2.28. The maximum Gasteiger partial charge on any atom is 0.225 e. The van der Waals surface area contributed by atoms with Crippen LogP contribution in [0.3, 0.4) is 0 Å². The Hall–Kier alpha value is -2.17. The molecule has 2 aromatic rings. The van der Waals surface area contributed by atoms with Gasteiger partial charge in [-0.1, -0.05) is 24.6 Å². The second-order valence-electron chi connectivity index (χ2n) is 4.18. The molecule has 1 aromatic heterocycles. The maximum absolute atomic E-state index is 11.4. The van der Waals surface area contributed by atoms with Crippen LogP contribution in [0.25, 0.3) is 11.3 Å². The van der Waals surface area contributed by atoms with E-state index in [0.717, 1.165) is 16.7 Å². The number of anilines is 1. The minimum atomic E-state index is -0.114. The molecule has 0 aliphatic carbocycles. The van der Waals surface area contributed by atoms with E-state index >= 15 is 0 Å². The first-order valence-electron chi connectivity index (χ1n) is 5.82. The maximum atomic E-state index is 11.4. The molecule has 0 fully saturated rings. The van der Waals surface area contributed by atoms with Gasteiger partial charge in [0, 0.05) is 12.0 Å². The Morgan fingerprint density at radius 3 is 2.83 bits per heavy atom. The van der Waals surface area contributed by atoms with Crippen LogP contribution in [0.2, 0.25) is 0 Å². The molecular weight excluding hydrogens is 230 g/mol. The molecule has 0 radical (unpaired) electrons. The number of benzene rings is 1. The molecule has 0 atom stereocenters. The molecule has 94 valence electrons. The van der Waals surface area contributed by atoms with Gasteiger partial charge in [0.15, 0.2) is 5.69 Å². The summed E-state index contributed by atoms with van der Waals surface area (Å²) < 4.78 is 4.73. The Balaban J connectivity index is 2.42. The monoisotopic (exact) mass is 245 g/mol. The number of hydrogen-bond donors (Lipinski definition) is 1. The SMILES string of the molecule is CCC(=O)Nc1nonc1-c1cc(C)ccc1C. The van der Waals surface area contributed by atoms with Crippen molar-refractivity contribution in [3.8, 4) is 11.3 Å². The molecule has 2 rings (SSSR count). The summed E-state index contributed by atoms with van der Waals surface area (Å²) in [6.07, 6.45) is 0.388. The van der Waals surface area contributed by atoms with E-state index in [0.29, 0.717) is 17.9 Å². The molecule has 0 unspecified atom stereocenters. The number of nitrogens with one attached hydrogen (secondary N) is 1. The van der Waals surface area contributed by atoms with Crippen LogP contribution in [0, 0.1) is 13.8 Å². The highest BCUT2D eigenvalue weighted by atomic mass is 16.6. The van der Waals surface area contributed by atoms with Crippen LogP contribution in [0.5, 0.6) is 0 Å². The number of rotatable bonds is 3. The number of carbonyl (C=O) groups excluding carboxylic acids is 1. The van der Waals surface area contributed by atoms with Gasteiger partial charge >= 0.3 is 0 Å². The molecular formula is C13H15N3O2. The van der Waals surface area contributed by atoms with Gasteiger partial charge in [0.1, 0.15) is 0 Å². The largest absolute Gasteiger partial charge is 0.306 e. The molecule has 5 nitrogen and oxygen atoms in total. The van der Waals surface area contributed by atoms with Crippen LogP contribution in [-0.4, -0.2) is 16.2 Å². The van der Waals surface area contributed by atoms with E-state index < -0.39 is 0 Å². The molecule has 1 amide bonds. The molecule has 0 aliphatic heterocycles. The van der Waals surface area contributed by atoms with E-state index in [1.807, 2.05) is 32.0 Å². The number of aromatic nitrogens is 2. The Labute approximate surface area is 105 Å². The van der Waals surface area contributed by atoms with Crippen molar-refractivity contribution in [3.63, 3.8) is 0 Å². The van der Waals surface area contributed by atoms with Crippen molar-refractivity contribution < 1.29 is 9.42 Å². The van der Waals surface area contributed by atoms with E-state index in [4.69, 9.17) is 4.63 Å². The Bertz CT molecular complexity index is 575. The predicted molar refractivity (Wildman–Crippen MR) is 68.1 cm³/mol. The summed E-state index contributed by atoms with van der Waals surface area (Å²) in [5.41, 5.74) is 3.66. The smallest absolute Gasteiger partial charge is 0.225 e. The first-order chi connectivity index (χ1) is 8.61. The Morgan fingerprint density at radius 1 is 1.33 bits per heavy atom. The number of carbonyl (C=O) groups is 1. The van der Waals surface area contributed by atoms with Gasteiger partial charge in [-0.25, -0.2) is 4.63 Å². The lowest BCUT2D eigenvalue weighted by atomic mass is 10.0. The molecule has 1 heterocycles. The molecule has 0 bridgehead atoms. The fourth-order valence-electron chi connectivity index (χ4n) is 1.66. The molecule has 0 saturated carbocycles. The molecule has 5 heteroatoms. The highest BCUT2D eigenvalue weighted by Gasteiger charge is 2.16. The average Bonchev–Trinajstić information content (AvgIpc) is 2.80.